The molecular weight excluding hydrogens is 434 g/mol. The molecule has 32 heavy (non-hydrogen) atoms. The molecule has 0 bridgehead atoms. The highest BCUT2D eigenvalue weighted by Gasteiger charge is 2.48. The molecule has 1 saturated heterocycles. The zero-order chi connectivity index (χ0) is 24.7. The molecule has 3 atom stereocenters. The maximum atomic E-state index is 13.1. The smallest absolute Gasteiger partial charge is 0.228 e. The molecule has 1 heterocycles. The summed E-state index contributed by atoms with van der Waals surface area (Å²) in [5.74, 6) is -0.296. The fourth-order valence-corrected chi connectivity index (χ4v) is 5.85. The third-order valence-corrected chi connectivity index (χ3v) is 15.9. The number of rotatable bonds is 9. The number of hydrogen-bond acceptors (Lipinski definition) is 4. The number of carbonyl (C=O) groups is 2. The lowest BCUT2D eigenvalue weighted by atomic mass is 9.82. The fraction of sp³-hybridized carbons (Fsp3) is 0.680. The van der Waals surface area contributed by atoms with Crippen molar-refractivity contribution in [1.29, 1.82) is 0 Å². The van der Waals surface area contributed by atoms with E-state index in [-0.39, 0.29) is 46.3 Å². The quantitative estimate of drug-likeness (QED) is 0.287. The topological polar surface area (TPSA) is 75.6 Å². The lowest BCUT2D eigenvalue weighted by Crippen LogP contribution is -2.64. The van der Waals surface area contributed by atoms with Crippen LogP contribution in [-0.4, -0.2) is 45.3 Å². The van der Waals surface area contributed by atoms with Gasteiger partial charge in [0.15, 0.2) is 22.4 Å². The minimum Gasteiger partial charge on any atom is -0.432 e. The summed E-state index contributed by atoms with van der Waals surface area (Å²) < 4.78 is 6.45. The van der Waals surface area contributed by atoms with Crippen LogP contribution in [-0.2, 0) is 15.6 Å². The molecule has 180 valence electrons. The van der Waals surface area contributed by atoms with Crippen LogP contribution >= 0.6 is 0 Å². The van der Waals surface area contributed by atoms with Crippen LogP contribution in [0.15, 0.2) is 24.3 Å². The summed E-state index contributed by atoms with van der Waals surface area (Å²) in [7, 11) is -4.35. The number of hydrogen-bond donors (Lipinski definition) is 2. The van der Waals surface area contributed by atoms with Crippen LogP contribution in [0.3, 0.4) is 0 Å². The molecule has 0 spiro atoms. The lowest BCUT2D eigenvalue weighted by Gasteiger charge is -2.45. The van der Waals surface area contributed by atoms with Crippen LogP contribution in [0.25, 0.3) is 0 Å². The van der Waals surface area contributed by atoms with Gasteiger partial charge in [-0.3, -0.25) is 9.59 Å². The number of amides is 1. The van der Waals surface area contributed by atoms with Gasteiger partial charge in [0.1, 0.15) is 0 Å². The lowest BCUT2D eigenvalue weighted by molar-refractivity contribution is -0.139. The summed E-state index contributed by atoms with van der Waals surface area (Å²) in [6.45, 7) is 21.0. The van der Waals surface area contributed by atoms with Crippen molar-refractivity contribution >= 4 is 28.3 Å². The maximum absolute atomic E-state index is 13.1. The number of benzene rings is 1. The van der Waals surface area contributed by atoms with Crippen molar-refractivity contribution in [2.45, 2.75) is 103 Å². The van der Waals surface area contributed by atoms with Crippen LogP contribution in [0.5, 0.6) is 0 Å². The van der Waals surface area contributed by atoms with E-state index in [4.69, 9.17) is 4.43 Å². The molecule has 0 unspecified atom stereocenters. The monoisotopic (exact) mass is 477 g/mol. The van der Waals surface area contributed by atoms with Gasteiger partial charge >= 0.3 is 0 Å². The van der Waals surface area contributed by atoms with Crippen LogP contribution in [0.2, 0.25) is 36.3 Å². The normalized spacial score (nSPS) is 21.0. The molecule has 2 N–H and O–H groups in total. The van der Waals surface area contributed by atoms with Gasteiger partial charge in [0.25, 0.3) is 0 Å². The first-order chi connectivity index (χ1) is 14.4. The summed E-state index contributed by atoms with van der Waals surface area (Å²) >= 11 is 0. The molecule has 0 aromatic heterocycles. The van der Waals surface area contributed by atoms with Gasteiger partial charge in [-0.2, -0.15) is 0 Å². The molecule has 1 aliphatic rings. The standard InChI is InChI=1S/C25H43NO4Si2/c1-17(30-32(9,10)24(2,3)4)22-20(26-23(22)28)15-21(27)19-13-11-12-18(14-19)16-25(5,6)31(7,8)29/h11-14,17,20,22,29H,15-16H2,1-10H3,(H,26,28)/t17-,20-,22-/m1/s1. The largest absolute Gasteiger partial charge is 0.432 e. The van der Waals surface area contributed by atoms with Gasteiger partial charge in [-0.1, -0.05) is 52.8 Å². The predicted octanol–water partition coefficient (Wildman–Crippen LogP) is 5.30. The summed E-state index contributed by atoms with van der Waals surface area (Å²) in [6.07, 6.45) is 0.782. The highest BCUT2D eigenvalue weighted by Crippen LogP contribution is 2.40. The molecule has 1 aromatic rings. The van der Waals surface area contributed by atoms with Crippen molar-refractivity contribution in [2.24, 2.45) is 5.92 Å². The van der Waals surface area contributed by atoms with E-state index in [0.29, 0.717) is 5.56 Å². The van der Waals surface area contributed by atoms with Crippen LogP contribution in [0, 0.1) is 5.92 Å². The molecule has 1 amide bonds. The highest BCUT2D eigenvalue weighted by atomic mass is 28.4. The Bertz CT molecular complexity index is 852. The van der Waals surface area contributed by atoms with E-state index in [1.165, 1.54) is 0 Å². The molecule has 0 saturated carbocycles. The molecule has 0 radical (unpaired) electrons. The van der Waals surface area contributed by atoms with Gasteiger partial charge in [0.2, 0.25) is 5.91 Å². The zero-order valence-corrected chi connectivity index (χ0v) is 23.6. The first kappa shape index (κ1) is 27.0. The van der Waals surface area contributed by atoms with E-state index in [0.717, 1.165) is 12.0 Å². The minimum absolute atomic E-state index is 0.0275. The molecule has 1 aromatic carbocycles. The Morgan fingerprint density at radius 1 is 1.16 bits per heavy atom. The van der Waals surface area contributed by atoms with Crippen LogP contribution in [0.1, 0.15) is 63.9 Å². The SMILES string of the molecule is C[C@@H](O[Si](C)(C)C(C)(C)C)[C@H]1C(=O)N[C@@H]1CC(=O)c1cccc(CC(C)(C)[Si](C)(C)O)c1. The van der Waals surface area contributed by atoms with Gasteiger partial charge in [-0.05, 0) is 61.2 Å². The van der Waals surface area contributed by atoms with E-state index in [2.05, 4.69) is 53.0 Å². The van der Waals surface area contributed by atoms with E-state index in [1.807, 2.05) is 44.3 Å². The number of nitrogens with one attached hydrogen (secondary N) is 1. The van der Waals surface area contributed by atoms with Gasteiger partial charge in [0.05, 0.1) is 18.1 Å². The molecule has 5 nitrogen and oxygen atoms in total. The second-order valence-corrected chi connectivity index (χ2v) is 21.4. The summed E-state index contributed by atoms with van der Waals surface area (Å²) in [4.78, 5) is 36.0. The fourth-order valence-electron chi connectivity index (χ4n) is 3.79. The molecular formula is C25H43NO4Si2. The molecule has 7 heteroatoms. The number of Topliss-reactive ketones (excluding diaryl/α,β-unsaturated/α-hetero) is 1. The number of β-lactam (4-membered cyclic amide) rings is 1. The second-order valence-electron chi connectivity index (χ2n) is 12.2. The summed E-state index contributed by atoms with van der Waals surface area (Å²) in [6, 6.07) is 7.51. The molecule has 2 rings (SSSR count). The highest BCUT2D eigenvalue weighted by molar-refractivity contribution is 6.74. The Balaban J connectivity index is 2.09. The van der Waals surface area contributed by atoms with Crippen molar-refractivity contribution in [3.8, 4) is 0 Å². The first-order valence-corrected chi connectivity index (χ1v) is 17.5. The van der Waals surface area contributed by atoms with E-state index >= 15 is 0 Å². The Hall–Kier alpha value is -1.29. The average molecular weight is 478 g/mol. The van der Waals surface area contributed by atoms with Crippen molar-refractivity contribution < 1.29 is 18.8 Å². The summed E-state index contributed by atoms with van der Waals surface area (Å²) in [5, 5.41) is 2.79. The van der Waals surface area contributed by atoms with Gasteiger partial charge in [-0.25, -0.2) is 0 Å². The van der Waals surface area contributed by atoms with Gasteiger partial charge in [-0.15, -0.1) is 0 Å². The van der Waals surface area contributed by atoms with E-state index in [1.54, 1.807) is 0 Å². The van der Waals surface area contributed by atoms with Crippen LogP contribution in [0.4, 0.5) is 0 Å². The predicted molar refractivity (Wildman–Crippen MR) is 136 cm³/mol. The Morgan fingerprint density at radius 3 is 2.25 bits per heavy atom. The Labute approximate surface area is 196 Å². The number of carbonyl (C=O) groups excluding carboxylic acids is 2. The number of ketones is 1. The second kappa shape index (κ2) is 9.16. The third-order valence-electron chi connectivity index (χ3n) is 7.81. The summed E-state index contributed by atoms with van der Waals surface area (Å²) in [5.41, 5.74) is 1.72. The van der Waals surface area contributed by atoms with Gasteiger partial charge in [0, 0.05) is 12.0 Å². The van der Waals surface area contributed by atoms with Gasteiger partial charge < -0.3 is 14.5 Å². The van der Waals surface area contributed by atoms with Crippen molar-refractivity contribution in [3.05, 3.63) is 35.4 Å². The third kappa shape index (κ3) is 5.98. The molecule has 1 fully saturated rings. The van der Waals surface area contributed by atoms with Crippen LogP contribution < -0.4 is 5.32 Å². The average Bonchev–Trinajstić information content (AvgIpc) is 2.58. The molecule has 0 aliphatic carbocycles. The molecule has 1 aliphatic heterocycles. The van der Waals surface area contributed by atoms with Crippen molar-refractivity contribution in [1.82, 2.24) is 5.32 Å². The first-order valence-electron chi connectivity index (χ1n) is 11.7. The van der Waals surface area contributed by atoms with Crippen molar-refractivity contribution in [2.75, 3.05) is 0 Å². The van der Waals surface area contributed by atoms with E-state index < -0.39 is 16.6 Å². The zero-order valence-electron chi connectivity index (χ0n) is 21.6. The minimum atomic E-state index is -2.34. The maximum Gasteiger partial charge on any atom is 0.228 e. The Kier molecular flexibility index (Phi) is 7.72. The van der Waals surface area contributed by atoms with Crippen molar-refractivity contribution in [3.63, 3.8) is 0 Å². The van der Waals surface area contributed by atoms with E-state index in [9.17, 15) is 14.4 Å². The Morgan fingerprint density at radius 2 is 1.75 bits per heavy atom.